The molecule has 2 aromatic heterocycles. The fourth-order valence-corrected chi connectivity index (χ4v) is 3.93. The predicted molar refractivity (Wildman–Crippen MR) is 113 cm³/mol. The van der Waals surface area contributed by atoms with E-state index in [9.17, 15) is 38.4 Å². The quantitative estimate of drug-likeness (QED) is 0.313. The lowest BCUT2D eigenvalue weighted by Crippen LogP contribution is -2.60. The summed E-state index contributed by atoms with van der Waals surface area (Å²) in [5.74, 6) is -6.06. The first kappa shape index (κ1) is 25.7. The van der Waals surface area contributed by atoms with Crippen molar-refractivity contribution in [3.8, 4) is 11.3 Å². The Bertz CT molecular complexity index is 1190. The summed E-state index contributed by atoms with van der Waals surface area (Å²) in [7, 11) is 0. The zero-order valence-electron chi connectivity index (χ0n) is 18.4. The Hall–Kier alpha value is -3.43. The van der Waals surface area contributed by atoms with Crippen LogP contribution in [0.3, 0.4) is 0 Å². The zero-order chi connectivity index (χ0) is 26.0. The van der Waals surface area contributed by atoms with Crippen LogP contribution in [0.15, 0.2) is 42.9 Å². The summed E-state index contributed by atoms with van der Waals surface area (Å²) in [6.45, 7) is -0.935. The second-order valence-electron chi connectivity index (χ2n) is 8.06. The molecule has 4 rings (SSSR count). The molecule has 1 aromatic carbocycles. The van der Waals surface area contributed by atoms with Gasteiger partial charge in [-0.3, -0.25) is 4.98 Å². The van der Waals surface area contributed by atoms with Gasteiger partial charge in [0.15, 0.2) is 23.6 Å². The van der Waals surface area contributed by atoms with Crippen molar-refractivity contribution in [1.82, 2.24) is 20.0 Å². The van der Waals surface area contributed by atoms with Gasteiger partial charge in [-0.05, 0) is 23.8 Å². The zero-order valence-corrected chi connectivity index (χ0v) is 18.4. The molecule has 14 heteroatoms. The van der Waals surface area contributed by atoms with E-state index in [-0.39, 0.29) is 17.9 Å². The van der Waals surface area contributed by atoms with Gasteiger partial charge in [-0.1, -0.05) is 11.3 Å². The highest BCUT2D eigenvalue weighted by molar-refractivity contribution is 5.73. The van der Waals surface area contributed by atoms with Crippen LogP contribution in [-0.4, -0.2) is 83.5 Å². The summed E-state index contributed by atoms with van der Waals surface area (Å²) in [5, 5.41) is 48.7. The van der Waals surface area contributed by atoms with E-state index < -0.39 is 66.6 Å². The number of carbonyl (C=O) groups is 1. The number of ether oxygens (including phenoxy) is 2. The van der Waals surface area contributed by atoms with Crippen molar-refractivity contribution in [3.05, 3.63) is 65.9 Å². The minimum atomic E-state index is -1.74. The fourth-order valence-electron chi connectivity index (χ4n) is 3.93. The number of halogens is 3. The second-order valence-corrected chi connectivity index (χ2v) is 8.06. The van der Waals surface area contributed by atoms with E-state index in [0.717, 1.165) is 10.9 Å². The summed E-state index contributed by atoms with van der Waals surface area (Å²) in [6, 6.07) is 3.24. The molecule has 192 valence electrons. The first-order chi connectivity index (χ1) is 17.2. The molecule has 1 saturated heterocycles. The lowest BCUT2D eigenvalue weighted by molar-refractivity contribution is -0.238. The number of aliphatic hydroxyl groups is 3. The number of pyridine rings is 1. The Kier molecular flexibility index (Phi) is 7.61. The Morgan fingerprint density at radius 1 is 1.19 bits per heavy atom. The van der Waals surface area contributed by atoms with Gasteiger partial charge in [-0.15, -0.1) is 5.10 Å². The van der Waals surface area contributed by atoms with Crippen molar-refractivity contribution in [3.63, 3.8) is 0 Å². The number of carboxylic acid groups (broad SMARTS) is 1. The molecular formula is C22H21F3N4O7. The van der Waals surface area contributed by atoms with Crippen LogP contribution < -0.4 is 0 Å². The van der Waals surface area contributed by atoms with E-state index in [1.54, 1.807) is 12.1 Å². The van der Waals surface area contributed by atoms with E-state index in [4.69, 9.17) is 9.47 Å². The third kappa shape index (κ3) is 5.08. The number of carboxylic acids is 1. The molecule has 0 radical (unpaired) electrons. The molecule has 3 unspecified atom stereocenters. The molecule has 0 amide bonds. The molecule has 0 spiro atoms. The molecule has 0 bridgehead atoms. The van der Waals surface area contributed by atoms with E-state index in [0.29, 0.717) is 17.7 Å². The number of aliphatic carboxylic acids is 1. The van der Waals surface area contributed by atoms with Crippen LogP contribution in [-0.2, 0) is 20.9 Å². The van der Waals surface area contributed by atoms with Gasteiger partial charge < -0.3 is 29.9 Å². The topological polar surface area (TPSA) is 160 Å². The van der Waals surface area contributed by atoms with Gasteiger partial charge in [0.25, 0.3) is 0 Å². The fraction of sp³-hybridized carbons (Fsp3) is 0.364. The Labute approximate surface area is 201 Å². The Morgan fingerprint density at radius 2 is 1.92 bits per heavy atom. The van der Waals surface area contributed by atoms with Crippen molar-refractivity contribution in [1.29, 1.82) is 0 Å². The molecule has 1 aliphatic heterocycles. The molecule has 6 atom stereocenters. The van der Waals surface area contributed by atoms with Gasteiger partial charge in [0, 0.05) is 18.0 Å². The van der Waals surface area contributed by atoms with Crippen molar-refractivity contribution in [2.24, 2.45) is 0 Å². The highest BCUT2D eigenvalue weighted by Gasteiger charge is 2.50. The number of rotatable bonds is 8. The van der Waals surface area contributed by atoms with Crippen LogP contribution in [0.1, 0.15) is 11.6 Å². The second kappa shape index (κ2) is 10.7. The summed E-state index contributed by atoms with van der Waals surface area (Å²) in [5.41, 5.74) is 0.245. The number of aliphatic hydroxyl groups excluding tert-OH is 3. The number of hydrogen-bond donors (Lipinski definition) is 4. The van der Waals surface area contributed by atoms with Crippen LogP contribution in [0.2, 0.25) is 0 Å². The smallest absolute Gasteiger partial charge is 0.335 e. The van der Waals surface area contributed by atoms with E-state index >= 15 is 0 Å². The molecule has 3 heterocycles. The first-order valence-electron chi connectivity index (χ1n) is 10.6. The average Bonchev–Trinajstić information content (AvgIpc) is 3.34. The lowest BCUT2D eigenvalue weighted by atomic mass is 9.90. The molecule has 3 aromatic rings. The number of nitrogens with zero attached hydrogens (tertiary/aromatic N) is 4. The standard InChI is InChI=1S/C22H21F3N4O7/c23-12-4-11(5-13(24)16(12)25)14-7-29(28-27-14)17-18(31)15(8-30)36-20(19(17)32)21(22(33)34)35-9-10-2-1-3-26-6-10/h1-7,15,17-21,30-32H,8-9H2,(H,33,34)/t15?,17?,18-,19?,20+,21-/m0/s1. The van der Waals surface area contributed by atoms with Gasteiger partial charge >= 0.3 is 5.97 Å². The monoisotopic (exact) mass is 510 g/mol. The largest absolute Gasteiger partial charge is 0.479 e. The summed E-state index contributed by atoms with van der Waals surface area (Å²) >= 11 is 0. The summed E-state index contributed by atoms with van der Waals surface area (Å²) in [6.07, 6.45) is -3.89. The van der Waals surface area contributed by atoms with Gasteiger partial charge in [0.1, 0.15) is 36.2 Å². The predicted octanol–water partition coefficient (Wildman–Crippen LogP) is 0.450. The number of aromatic nitrogens is 4. The maximum atomic E-state index is 13.7. The molecule has 11 nitrogen and oxygen atoms in total. The summed E-state index contributed by atoms with van der Waals surface area (Å²) in [4.78, 5) is 15.9. The third-order valence-electron chi connectivity index (χ3n) is 5.72. The number of benzene rings is 1. The highest BCUT2D eigenvalue weighted by atomic mass is 19.2. The minimum Gasteiger partial charge on any atom is -0.479 e. The minimum absolute atomic E-state index is 0.126. The normalized spacial score (nSPS) is 25.0. The SMILES string of the molecule is O=C(O)[C@@H](OCc1cccnc1)[C@@H]1OC(CO)[C@H](O)C(n2cc(-c3cc(F)c(F)c(F)c3)nn2)C1O. The molecule has 0 saturated carbocycles. The van der Waals surface area contributed by atoms with Gasteiger partial charge in [0.2, 0.25) is 0 Å². The van der Waals surface area contributed by atoms with Crippen LogP contribution in [0.4, 0.5) is 13.2 Å². The van der Waals surface area contributed by atoms with Crippen molar-refractivity contribution < 1.29 is 47.9 Å². The molecular weight excluding hydrogens is 489 g/mol. The molecule has 0 aliphatic carbocycles. The summed E-state index contributed by atoms with van der Waals surface area (Å²) < 4.78 is 52.5. The Balaban J connectivity index is 1.62. The lowest BCUT2D eigenvalue weighted by Gasteiger charge is -2.43. The maximum absolute atomic E-state index is 13.7. The van der Waals surface area contributed by atoms with Gasteiger partial charge in [-0.2, -0.15) is 0 Å². The van der Waals surface area contributed by atoms with Crippen LogP contribution in [0, 0.1) is 17.5 Å². The van der Waals surface area contributed by atoms with E-state index in [1.165, 1.54) is 12.4 Å². The van der Waals surface area contributed by atoms with E-state index in [2.05, 4.69) is 15.3 Å². The van der Waals surface area contributed by atoms with Gasteiger partial charge in [0.05, 0.1) is 19.4 Å². The van der Waals surface area contributed by atoms with Crippen LogP contribution in [0.25, 0.3) is 11.3 Å². The van der Waals surface area contributed by atoms with E-state index in [1.807, 2.05) is 0 Å². The Morgan fingerprint density at radius 3 is 2.53 bits per heavy atom. The van der Waals surface area contributed by atoms with Crippen LogP contribution >= 0.6 is 0 Å². The number of hydrogen-bond acceptors (Lipinski definition) is 9. The van der Waals surface area contributed by atoms with Crippen molar-refractivity contribution in [2.45, 2.75) is 43.2 Å². The molecule has 36 heavy (non-hydrogen) atoms. The van der Waals surface area contributed by atoms with Crippen molar-refractivity contribution in [2.75, 3.05) is 6.61 Å². The average molecular weight is 510 g/mol. The maximum Gasteiger partial charge on any atom is 0.335 e. The molecule has 1 aliphatic rings. The third-order valence-corrected chi connectivity index (χ3v) is 5.72. The van der Waals surface area contributed by atoms with Crippen LogP contribution in [0.5, 0.6) is 0 Å². The van der Waals surface area contributed by atoms with Crippen molar-refractivity contribution >= 4 is 5.97 Å². The van der Waals surface area contributed by atoms with Gasteiger partial charge in [-0.25, -0.2) is 22.6 Å². The molecule has 4 N–H and O–H groups in total. The highest BCUT2D eigenvalue weighted by Crippen LogP contribution is 2.33. The first-order valence-corrected chi connectivity index (χ1v) is 10.6. The molecule has 1 fully saturated rings.